The van der Waals surface area contributed by atoms with Gasteiger partial charge in [-0.15, -0.1) is 11.8 Å². The van der Waals surface area contributed by atoms with Crippen LogP contribution in [0.2, 0.25) is 0 Å². The van der Waals surface area contributed by atoms with E-state index in [1.54, 1.807) is 7.11 Å². The van der Waals surface area contributed by atoms with Crippen molar-refractivity contribution < 1.29 is 4.74 Å². The van der Waals surface area contributed by atoms with Crippen LogP contribution in [0, 0.1) is 18.8 Å². The molecule has 0 aromatic rings. The van der Waals surface area contributed by atoms with Gasteiger partial charge in [0.1, 0.15) is 0 Å². The Labute approximate surface area is 76.5 Å². The number of methoxy groups -OCH3 is 1. The van der Waals surface area contributed by atoms with Gasteiger partial charge >= 0.3 is 0 Å². The molecule has 0 spiro atoms. The molecule has 0 aliphatic carbocycles. The number of unbranched alkanes of at least 4 members (excludes halogenated alkanes) is 4. The van der Waals surface area contributed by atoms with Crippen LogP contribution < -0.4 is 0 Å². The van der Waals surface area contributed by atoms with E-state index in [0.717, 1.165) is 45.1 Å². The van der Waals surface area contributed by atoms with Crippen LogP contribution in [0.15, 0.2) is 0 Å². The Balaban J connectivity index is 2.99. The number of ether oxygens (including phenoxy) is 1. The Morgan fingerprint density at radius 3 is 2.33 bits per heavy atom. The van der Waals surface area contributed by atoms with Crippen molar-refractivity contribution in [3.8, 4) is 11.8 Å². The first-order valence-electron chi connectivity index (χ1n) is 4.65. The van der Waals surface area contributed by atoms with Gasteiger partial charge in [-0.25, -0.2) is 0 Å². The van der Waals surface area contributed by atoms with E-state index in [0.29, 0.717) is 0 Å². The Morgan fingerprint density at radius 2 is 1.75 bits per heavy atom. The average Bonchev–Trinajstić information content (AvgIpc) is 2.10. The van der Waals surface area contributed by atoms with Crippen molar-refractivity contribution in [2.75, 3.05) is 13.7 Å². The summed E-state index contributed by atoms with van der Waals surface area (Å²) >= 11 is 0. The van der Waals surface area contributed by atoms with Crippen LogP contribution in [0.25, 0.3) is 0 Å². The summed E-state index contributed by atoms with van der Waals surface area (Å²) in [5.74, 6) is 6.28. The van der Waals surface area contributed by atoms with Gasteiger partial charge in [0.25, 0.3) is 0 Å². The van der Waals surface area contributed by atoms with Crippen LogP contribution in [0.5, 0.6) is 0 Å². The summed E-state index contributed by atoms with van der Waals surface area (Å²) in [7, 11) is 1.74. The first-order valence-corrected chi connectivity index (χ1v) is 4.65. The first kappa shape index (κ1) is 11.5. The predicted molar refractivity (Wildman–Crippen MR) is 52.7 cm³/mol. The molecule has 0 N–H and O–H groups in total. The minimum Gasteiger partial charge on any atom is -0.385 e. The Kier molecular flexibility index (Phi) is 10.1. The lowest BCUT2D eigenvalue weighted by Gasteiger charge is -1.93. The molecule has 0 atom stereocenters. The molecule has 0 heterocycles. The molecule has 0 saturated heterocycles. The Morgan fingerprint density at radius 1 is 1.08 bits per heavy atom. The smallest absolute Gasteiger partial charge is 0.0462 e. The topological polar surface area (TPSA) is 9.23 Å². The monoisotopic (exact) mass is 167 g/mol. The SMILES string of the molecule is [CH2]CCCC#CCCCCOC. The highest BCUT2D eigenvalue weighted by atomic mass is 16.5. The number of rotatable bonds is 6. The maximum atomic E-state index is 4.93. The van der Waals surface area contributed by atoms with E-state index in [1.807, 2.05) is 0 Å². The highest BCUT2D eigenvalue weighted by Gasteiger charge is 1.83. The summed E-state index contributed by atoms with van der Waals surface area (Å²) in [5.41, 5.74) is 0. The van der Waals surface area contributed by atoms with Gasteiger partial charge in [0.15, 0.2) is 0 Å². The summed E-state index contributed by atoms with van der Waals surface area (Å²) in [6, 6.07) is 0. The average molecular weight is 167 g/mol. The maximum absolute atomic E-state index is 4.93. The van der Waals surface area contributed by atoms with Crippen LogP contribution in [0.1, 0.15) is 38.5 Å². The third kappa shape index (κ3) is 9.52. The zero-order chi connectivity index (χ0) is 9.07. The number of hydrogen-bond donors (Lipinski definition) is 0. The van der Waals surface area contributed by atoms with Crippen LogP contribution in [0.4, 0.5) is 0 Å². The van der Waals surface area contributed by atoms with E-state index in [1.165, 1.54) is 0 Å². The quantitative estimate of drug-likeness (QED) is 0.436. The summed E-state index contributed by atoms with van der Waals surface area (Å²) < 4.78 is 4.93. The van der Waals surface area contributed by atoms with Crippen LogP contribution in [-0.4, -0.2) is 13.7 Å². The van der Waals surface area contributed by atoms with Crippen molar-refractivity contribution >= 4 is 0 Å². The molecular weight excluding hydrogens is 148 g/mol. The molecule has 0 amide bonds. The molecular formula is C11H19O. The second-order valence-corrected chi connectivity index (χ2v) is 2.76. The molecule has 0 saturated carbocycles. The van der Waals surface area contributed by atoms with E-state index in [4.69, 9.17) is 4.74 Å². The van der Waals surface area contributed by atoms with Gasteiger partial charge in [-0.05, 0) is 19.3 Å². The fourth-order valence-electron chi connectivity index (χ4n) is 0.850. The fraction of sp³-hybridized carbons (Fsp3) is 0.727. The van der Waals surface area contributed by atoms with Crippen molar-refractivity contribution in [2.45, 2.75) is 38.5 Å². The zero-order valence-corrected chi connectivity index (χ0v) is 8.07. The van der Waals surface area contributed by atoms with Gasteiger partial charge in [0.2, 0.25) is 0 Å². The van der Waals surface area contributed by atoms with Crippen molar-refractivity contribution in [1.29, 1.82) is 0 Å². The predicted octanol–water partition coefficient (Wildman–Crippen LogP) is 2.81. The molecule has 0 unspecified atom stereocenters. The summed E-state index contributed by atoms with van der Waals surface area (Å²) in [4.78, 5) is 0. The Hall–Kier alpha value is -0.480. The first-order chi connectivity index (χ1) is 5.91. The maximum Gasteiger partial charge on any atom is 0.0462 e. The summed E-state index contributed by atoms with van der Waals surface area (Å²) in [6.07, 6.45) is 6.43. The van der Waals surface area contributed by atoms with Gasteiger partial charge < -0.3 is 4.74 Å². The molecule has 0 aliphatic rings. The van der Waals surface area contributed by atoms with Gasteiger partial charge in [-0.2, -0.15) is 0 Å². The van der Waals surface area contributed by atoms with Crippen molar-refractivity contribution in [2.24, 2.45) is 0 Å². The third-order valence-corrected chi connectivity index (χ3v) is 1.58. The molecule has 69 valence electrons. The molecule has 0 bridgehead atoms. The fourth-order valence-corrected chi connectivity index (χ4v) is 0.850. The zero-order valence-electron chi connectivity index (χ0n) is 8.07. The van der Waals surface area contributed by atoms with Crippen LogP contribution in [0.3, 0.4) is 0 Å². The van der Waals surface area contributed by atoms with Crippen molar-refractivity contribution in [3.63, 3.8) is 0 Å². The highest BCUT2D eigenvalue weighted by Crippen LogP contribution is 1.95. The summed E-state index contributed by atoms with van der Waals surface area (Å²) in [6.45, 7) is 4.62. The molecule has 0 rings (SSSR count). The molecule has 1 nitrogen and oxygen atoms in total. The van der Waals surface area contributed by atoms with Crippen molar-refractivity contribution in [1.82, 2.24) is 0 Å². The van der Waals surface area contributed by atoms with Crippen molar-refractivity contribution in [3.05, 3.63) is 6.92 Å². The van der Waals surface area contributed by atoms with E-state index < -0.39 is 0 Å². The van der Waals surface area contributed by atoms with Crippen LogP contribution >= 0.6 is 0 Å². The van der Waals surface area contributed by atoms with Gasteiger partial charge in [0, 0.05) is 26.6 Å². The lowest BCUT2D eigenvalue weighted by molar-refractivity contribution is 0.193. The van der Waals surface area contributed by atoms with Gasteiger partial charge in [-0.3, -0.25) is 0 Å². The largest absolute Gasteiger partial charge is 0.385 e. The second-order valence-electron chi connectivity index (χ2n) is 2.76. The van der Waals surface area contributed by atoms with E-state index in [9.17, 15) is 0 Å². The van der Waals surface area contributed by atoms with Crippen LogP contribution in [-0.2, 0) is 4.74 Å². The lowest BCUT2D eigenvalue weighted by atomic mass is 10.2. The minimum absolute atomic E-state index is 0.862. The van der Waals surface area contributed by atoms with E-state index in [-0.39, 0.29) is 0 Å². The normalized spacial score (nSPS) is 9.17. The summed E-state index contributed by atoms with van der Waals surface area (Å²) in [5, 5.41) is 0. The molecule has 0 fully saturated rings. The molecule has 0 aliphatic heterocycles. The second kappa shape index (κ2) is 10.5. The molecule has 1 heteroatoms. The lowest BCUT2D eigenvalue weighted by Crippen LogP contribution is -1.86. The molecule has 12 heavy (non-hydrogen) atoms. The van der Waals surface area contributed by atoms with Gasteiger partial charge in [0.05, 0.1) is 0 Å². The van der Waals surface area contributed by atoms with E-state index >= 15 is 0 Å². The number of hydrogen-bond acceptors (Lipinski definition) is 1. The highest BCUT2D eigenvalue weighted by molar-refractivity contribution is 4.98. The molecule has 0 aromatic heterocycles. The Bertz CT molecular complexity index is 130. The van der Waals surface area contributed by atoms with Gasteiger partial charge in [-0.1, -0.05) is 13.3 Å². The third-order valence-electron chi connectivity index (χ3n) is 1.58. The molecule has 1 radical (unpaired) electrons. The standard InChI is InChI=1S/C11H19O/c1-3-4-5-6-7-8-9-10-11-12-2/h1,3-5,8-11H2,2H3. The minimum atomic E-state index is 0.862. The molecule has 0 aromatic carbocycles. The van der Waals surface area contributed by atoms with E-state index in [2.05, 4.69) is 18.8 Å².